The third kappa shape index (κ3) is 3.20. The average molecular weight is 363 g/mol. The van der Waals surface area contributed by atoms with E-state index in [-0.39, 0.29) is 0 Å². The first-order valence-corrected chi connectivity index (χ1v) is 9.69. The number of aryl methyl sites for hydroxylation is 1. The second kappa shape index (κ2) is 7.25. The van der Waals surface area contributed by atoms with Crippen LogP contribution in [-0.2, 0) is 12.8 Å². The smallest absolute Gasteiger partial charge is 0.234 e. The Morgan fingerprint density at radius 2 is 1.92 bits per heavy atom. The Labute approximate surface area is 157 Å². The molecule has 132 valence electrons. The Balaban J connectivity index is 1.82. The van der Waals surface area contributed by atoms with Gasteiger partial charge in [0.2, 0.25) is 5.95 Å². The minimum atomic E-state index is 0.794. The third-order valence-electron chi connectivity index (χ3n) is 4.33. The molecule has 4 aromatic rings. The molecule has 0 saturated carbocycles. The molecule has 0 radical (unpaired) electrons. The Bertz CT molecular complexity index is 992. The van der Waals surface area contributed by atoms with Crippen molar-refractivity contribution in [3.05, 3.63) is 70.3 Å². The van der Waals surface area contributed by atoms with E-state index in [9.17, 15) is 0 Å². The number of thiophene rings is 1. The number of anilines is 2. The zero-order valence-electron chi connectivity index (χ0n) is 15.0. The highest BCUT2D eigenvalue weighted by Gasteiger charge is 2.17. The SMILES string of the molecule is CCCc1nc(N(C)c2ccccc2)n2ncc(Cc3cccs3)c2n1. The second-order valence-electron chi connectivity index (χ2n) is 6.25. The van der Waals surface area contributed by atoms with Crippen LogP contribution in [0.2, 0.25) is 0 Å². The van der Waals surface area contributed by atoms with E-state index in [1.807, 2.05) is 36.0 Å². The first-order valence-electron chi connectivity index (χ1n) is 8.81. The largest absolute Gasteiger partial charge is 0.313 e. The molecule has 0 aliphatic carbocycles. The molecule has 0 saturated heterocycles. The van der Waals surface area contributed by atoms with Gasteiger partial charge < -0.3 is 4.90 Å². The Morgan fingerprint density at radius 3 is 2.65 bits per heavy atom. The summed E-state index contributed by atoms with van der Waals surface area (Å²) in [5.41, 5.74) is 3.11. The van der Waals surface area contributed by atoms with Crippen LogP contribution in [0, 0.1) is 0 Å². The third-order valence-corrected chi connectivity index (χ3v) is 5.21. The average Bonchev–Trinajstić information content (AvgIpc) is 3.32. The molecule has 0 aliphatic rings. The van der Waals surface area contributed by atoms with E-state index in [0.29, 0.717) is 0 Å². The lowest BCUT2D eigenvalue weighted by Crippen LogP contribution is -2.18. The summed E-state index contributed by atoms with van der Waals surface area (Å²) in [5, 5.41) is 6.71. The van der Waals surface area contributed by atoms with E-state index in [1.165, 1.54) is 4.88 Å². The molecule has 0 spiro atoms. The predicted octanol–water partition coefficient (Wildman–Crippen LogP) is 4.50. The van der Waals surface area contributed by atoms with Crippen LogP contribution in [0.1, 0.15) is 29.6 Å². The summed E-state index contributed by atoms with van der Waals surface area (Å²) >= 11 is 1.76. The van der Waals surface area contributed by atoms with Crippen molar-refractivity contribution in [1.29, 1.82) is 0 Å². The van der Waals surface area contributed by atoms with Gasteiger partial charge in [-0.25, -0.2) is 4.98 Å². The van der Waals surface area contributed by atoms with Gasteiger partial charge in [0.15, 0.2) is 5.65 Å². The Hall–Kier alpha value is -2.73. The number of benzene rings is 1. The summed E-state index contributed by atoms with van der Waals surface area (Å²) in [7, 11) is 2.02. The topological polar surface area (TPSA) is 46.3 Å². The maximum atomic E-state index is 4.81. The summed E-state index contributed by atoms with van der Waals surface area (Å²) in [4.78, 5) is 13.0. The Kier molecular flexibility index (Phi) is 4.67. The highest BCUT2D eigenvalue weighted by atomic mass is 32.1. The van der Waals surface area contributed by atoms with E-state index >= 15 is 0 Å². The summed E-state index contributed by atoms with van der Waals surface area (Å²) in [6.45, 7) is 2.15. The lowest BCUT2D eigenvalue weighted by molar-refractivity contribution is 0.786. The monoisotopic (exact) mass is 363 g/mol. The van der Waals surface area contributed by atoms with E-state index in [2.05, 4.69) is 46.6 Å². The van der Waals surface area contributed by atoms with E-state index in [0.717, 1.165) is 47.9 Å². The molecule has 0 aliphatic heterocycles. The van der Waals surface area contributed by atoms with Gasteiger partial charge in [-0.2, -0.15) is 14.6 Å². The molecule has 1 aromatic carbocycles. The van der Waals surface area contributed by atoms with Crippen molar-refractivity contribution >= 4 is 28.6 Å². The van der Waals surface area contributed by atoms with Crippen LogP contribution < -0.4 is 4.90 Å². The molecule has 0 unspecified atom stereocenters. The van der Waals surface area contributed by atoms with Gasteiger partial charge in [-0.3, -0.25) is 0 Å². The van der Waals surface area contributed by atoms with Crippen molar-refractivity contribution in [2.45, 2.75) is 26.2 Å². The van der Waals surface area contributed by atoms with Gasteiger partial charge in [-0.1, -0.05) is 31.2 Å². The first kappa shape index (κ1) is 16.7. The van der Waals surface area contributed by atoms with Crippen molar-refractivity contribution < 1.29 is 0 Å². The van der Waals surface area contributed by atoms with Gasteiger partial charge in [-0.15, -0.1) is 11.3 Å². The van der Waals surface area contributed by atoms with E-state index in [4.69, 9.17) is 9.97 Å². The second-order valence-corrected chi connectivity index (χ2v) is 7.28. The summed E-state index contributed by atoms with van der Waals surface area (Å²) < 4.78 is 1.86. The van der Waals surface area contributed by atoms with Crippen LogP contribution in [0.25, 0.3) is 5.65 Å². The molecule has 5 nitrogen and oxygen atoms in total. The number of fused-ring (bicyclic) bond motifs is 1. The van der Waals surface area contributed by atoms with Crippen molar-refractivity contribution in [2.24, 2.45) is 0 Å². The molecule has 0 N–H and O–H groups in total. The van der Waals surface area contributed by atoms with Crippen LogP contribution in [0.5, 0.6) is 0 Å². The minimum absolute atomic E-state index is 0.794. The zero-order chi connectivity index (χ0) is 17.9. The molecule has 0 fully saturated rings. The number of rotatable bonds is 6. The minimum Gasteiger partial charge on any atom is -0.313 e. The summed E-state index contributed by atoms with van der Waals surface area (Å²) in [5.74, 6) is 1.66. The van der Waals surface area contributed by atoms with Crippen LogP contribution >= 0.6 is 11.3 Å². The van der Waals surface area contributed by atoms with Crippen molar-refractivity contribution in [3.63, 3.8) is 0 Å². The predicted molar refractivity (Wildman–Crippen MR) is 106 cm³/mol. The maximum Gasteiger partial charge on any atom is 0.234 e. The Morgan fingerprint density at radius 1 is 1.08 bits per heavy atom. The highest BCUT2D eigenvalue weighted by Crippen LogP contribution is 2.25. The van der Waals surface area contributed by atoms with Crippen LogP contribution in [0.3, 0.4) is 0 Å². The van der Waals surface area contributed by atoms with Gasteiger partial charge >= 0.3 is 0 Å². The van der Waals surface area contributed by atoms with Crippen LogP contribution in [0.15, 0.2) is 54.0 Å². The molecule has 6 heteroatoms. The van der Waals surface area contributed by atoms with Gasteiger partial charge in [0.05, 0.1) is 6.20 Å². The fourth-order valence-electron chi connectivity index (χ4n) is 3.00. The maximum absolute atomic E-state index is 4.81. The van der Waals surface area contributed by atoms with Gasteiger partial charge in [0.1, 0.15) is 5.82 Å². The zero-order valence-corrected chi connectivity index (χ0v) is 15.8. The summed E-state index contributed by atoms with van der Waals surface area (Å²) in [6, 6.07) is 14.5. The lowest BCUT2D eigenvalue weighted by Gasteiger charge is -2.19. The molecule has 26 heavy (non-hydrogen) atoms. The van der Waals surface area contributed by atoms with Gasteiger partial charge in [0.25, 0.3) is 0 Å². The molecule has 0 amide bonds. The molecular formula is C20H21N5S. The van der Waals surface area contributed by atoms with Gasteiger partial charge in [0, 0.05) is 36.0 Å². The lowest BCUT2D eigenvalue weighted by atomic mass is 10.2. The van der Waals surface area contributed by atoms with Crippen LogP contribution in [-0.4, -0.2) is 26.6 Å². The van der Waals surface area contributed by atoms with Crippen molar-refractivity contribution in [3.8, 4) is 0 Å². The number of hydrogen-bond donors (Lipinski definition) is 0. The van der Waals surface area contributed by atoms with E-state index < -0.39 is 0 Å². The molecular weight excluding hydrogens is 342 g/mol. The molecule has 0 bridgehead atoms. The van der Waals surface area contributed by atoms with Crippen LogP contribution in [0.4, 0.5) is 11.6 Å². The summed E-state index contributed by atoms with van der Waals surface area (Å²) in [6.07, 6.45) is 4.63. The molecule has 0 atom stereocenters. The fraction of sp³-hybridized carbons (Fsp3) is 0.250. The van der Waals surface area contributed by atoms with Crippen molar-refractivity contribution in [1.82, 2.24) is 19.6 Å². The first-order chi connectivity index (χ1) is 12.8. The molecule has 4 rings (SSSR count). The van der Waals surface area contributed by atoms with Gasteiger partial charge in [-0.05, 0) is 30.0 Å². The van der Waals surface area contributed by atoms with Crippen molar-refractivity contribution in [2.75, 3.05) is 11.9 Å². The number of aromatic nitrogens is 4. The van der Waals surface area contributed by atoms with E-state index in [1.54, 1.807) is 11.3 Å². The molecule has 3 heterocycles. The fourth-order valence-corrected chi connectivity index (χ4v) is 3.72. The number of para-hydroxylation sites is 1. The standard InChI is InChI=1S/C20H21N5S/c1-3-8-18-22-19-15(13-17-11-7-12-26-17)14-21-25(19)20(23-18)24(2)16-9-5-4-6-10-16/h4-7,9-12,14H,3,8,13H2,1-2H3. The molecule has 3 aromatic heterocycles. The normalized spacial score (nSPS) is 11.2. The highest BCUT2D eigenvalue weighted by molar-refractivity contribution is 7.09. The number of hydrogen-bond acceptors (Lipinski definition) is 5. The quantitative estimate of drug-likeness (QED) is 0.506. The number of nitrogens with zero attached hydrogens (tertiary/aromatic N) is 5.